The van der Waals surface area contributed by atoms with E-state index in [0.29, 0.717) is 34.6 Å². The molecule has 0 radical (unpaired) electrons. The quantitative estimate of drug-likeness (QED) is 0.425. The zero-order valence-electron chi connectivity index (χ0n) is 12.9. The summed E-state index contributed by atoms with van der Waals surface area (Å²) in [4.78, 5) is 0. The number of aromatic nitrogens is 2. The highest BCUT2D eigenvalue weighted by Gasteiger charge is 2.13. The van der Waals surface area contributed by atoms with E-state index in [1.54, 1.807) is 24.5 Å². The van der Waals surface area contributed by atoms with Crippen LogP contribution in [0.2, 0.25) is 0 Å². The van der Waals surface area contributed by atoms with Crippen molar-refractivity contribution < 1.29 is 14.3 Å². The lowest BCUT2D eigenvalue weighted by molar-refractivity contribution is 0.208. The Morgan fingerprint density at radius 1 is 1.25 bits per heavy atom. The average molecular weight is 346 g/mol. The first-order chi connectivity index (χ1) is 11.8. The normalized spacial score (nSPS) is 12.1. The second kappa shape index (κ2) is 7.91. The highest BCUT2D eigenvalue weighted by molar-refractivity contribution is 7.18. The van der Waals surface area contributed by atoms with Crippen molar-refractivity contribution >= 4 is 16.5 Å². The van der Waals surface area contributed by atoms with Crippen molar-refractivity contribution in [2.24, 2.45) is 5.73 Å². The van der Waals surface area contributed by atoms with Gasteiger partial charge in [0.2, 0.25) is 5.13 Å². The van der Waals surface area contributed by atoms with Gasteiger partial charge in [0, 0.05) is 5.56 Å². The number of ether oxygens (including phenoxy) is 1. The molecule has 0 aliphatic rings. The van der Waals surface area contributed by atoms with Crippen LogP contribution < -0.4 is 15.8 Å². The van der Waals surface area contributed by atoms with Crippen LogP contribution in [0.4, 0.5) is 5.13 Å². The number of benzene rings is 1. The molecule has 3 rings (SSSR count). The molecule has 4 N–H and O–H groups in total. The maximum atomic E-state index is 10.3. The van der Waals surface area contributed by atoms with E-state index in [1.165, 1.54) is 11.3 Å². The molecule has 7 nitrogen and oxygen atoms in total. The Kier molecular flexibility index (Phi) is 5.42. The highest BCUT2D eigenvalue weighted by atomic mass is 32.1. The maximum Gasteiger partial charge on any atom is 0.208 e. The minimum atomic E-state index is -0.888. The second-order valence-electron chi connectivity index (χ2n) is 5.00. The number of hydrogen-bond acceptors (Lipinski definition) is 8. The third-order valence-corrected chi connectivity index (χ3v) is 4.10. The molecule has 0 amide bonds. The van der Waals surface area contributed by atoms with Crippen LogP contribution in [0.25, 0.3) is 10.8 Å². The number of aliphatic hydroxyl groups excluding tert-OH is 1. The molecule has 2 aromatic heterocycles. The van der Waals surface area contributed by atoms with Gasteiger partial charge in [-0.1, -0.05) is 23.5 Å². The van der Waals surface area contributed by atoms with E-state index >= 15 is 0 Å². The van der Waals surface area contributed by atoms with Crippen LogP contribution in [0.1, 0.15) is 18.2 Å². The maximum absolute atomic E-state index is 10.3. The Morgan fingerprint density at radius 2 is 2.08 bits per heavy atom. The molecule has 0 bridgehead atoms. The Balaban J connectivity index is 1.59. The zero-order valence-corrected chi connectivity index (χ0v) is 13.7. The fourth-order valence-corrected chi connectivity index (χ4v) is 2.74. The van der Waals surface area contributed by atoms with E-state index < -0.39 is 6.23 Å². The second-order valence-corrected chi connectivity index (χ2v) is 5.97. The minimum absolute atomic E-state index is 0.511. The van der Waals surface area contributed by atoms with Crippen LogP contribution in [0.3, 0.4) is 0 Å². The van der Waals surface area contributed by atoms with Gasteiger partial charge in [0.05, 0.1) is 12.9 Å². The van der Waals surface area contributed by atoms with E-state index in [0.717, 1.165) is 12.2 Å². The molecule has 0 saturated carbocycles. The molecule has 24 heavy (non-hydrogen) atoms. The third kappa shape index (κ3) is 4.10. The average Bonchev–Trinajstić information content (AvgIpc) is 3.27. The van der Waals surface area contributed by atoms with Crippen LogP contribution in [0.5, 0.6) is 5.75 Å². The van der Waals surface area contributed by atoms with Crippen LogP contribution in [0.15, 0.2) is 47.1 Å². The molecule has 1 aromatic carbocycles. The smallest absolute Gasteiger partial charge is 0.208 e. The first kappa shape index (κ1) is 16.4. The largest absolute Gasteiger partial charge is 0.494 e. The lowest BCUT2D eigenvalue weighted by Crippen LogP contribution is -2.09. The number of hydrogen-bond donors (Lipinski definition) is 3. The van der Waals surface area contributed by atoms with E-state index in [2.05, 4.69) is 15.5 Å². The van der Waals surface area contributed by atoms with Crippen LogP contribution in [-0.4, -0.2) is 28.5 Å². The van der Waals surface area contributed by atoms with Gasteiger partial charge in [0.1, 0.15) is 5.75 Å². The summed E-state index contributed by atoms with van der Waals surface area (Å²) in [5, 5.41) is 22.4. The summed E-state index contributed by atoms with van der Waals surface area (Å²) in [5.74, 6) is 1.39. The minimum Gasteiger partial charge on any atom is -0.494 e. The fourth-order valence-electron chi connectivity index (χ4n) is 2.00. The number of furan rings is 1. The first-order valence-electron chi connectivity index (χ1n) is 7.51. The van der Waals surface area contributed by atoms with Crippen LogP contribution >= 0.6 is 11.3 Å². The Morgan fingerprint density at radius 3 is 2.79 bits per heavy atom. The van der Waals surface area contributed by atoms with Gasteiger partial charge in [-0.25, -0.2) is 0 Å². The summed E-state index contributed by atoms with van der Waals surface area (Å²) >= 11 is 1.31. The number of rotatable bonds is 8. The van der Waals surface area contributed by atoms with E-state index in [-0.39, 0.29) is 0 Å². The molecule has 0 saturated heterocycles. The van der Waals surface area contributed by atoms with Crippen molar-refractivity contribution in [2.75, 3.05) is 18.5 Å². The SMILES string of the molecule is NCCCOc1ccc(C(O)Nc2nnc(-c3ccco3)s2)cc1. The monoisotopic (exact) mass is 346 g/mol. The number of aliphatic hydroxyl groups is 1. The van der Waals surface area contributed by atoms with Gasteiger partial charge in [0.25, 0.3) is 0 Å². The van der Waals surface area contributed by atoms with Crippen molar-refractivity contribution in [1.29, 1.82) is 0 Å². The van der Waals surface area contributed by atoms with Gasteiger partial charge in [-0.15, -0.1) is 10.2 Å². The van der Waals surface area contributed by atoms with Gasteiger partial charge >= 0.3 is 0 Å². The topological polar surface area (TPSA) is 106 Å². The fraction of sp³-hybridized carbons (Fsp3) is 0.250. The highest BCUT2D eigenvalue weighted by Crippen LogP contribution is 2.28. The molecule has 1 atom stereocenters. The van der Waals surface area contributed by atoms with E-state index in [4.69, 9.17) is 14.9 Å². The molecule has 8 heteroatoms. The number of nitrogens with zero attached hydrogens (tertiary/aromatic N) is 2. The summed E-state index contributed by atoms with van der Waals surface area (Å²) in [6.07, 6.45) is 1.50. The molecule has 0 fully saturated rings. The molecule has 2 heterocycles. The summed E-state index contributed by atoms with van der Waals surface area (Å²) in [7, 11) is 0. The van der Waals surface area contributed by atoms with Crippen molar-refractivity contribution in [3.05, 3.63) is 48.2 Å². The number of anilines is 1. The summed E-state index contributed by atoms with van der Waals surface area (Å²) in [5.41, 5.74) is 6.13. The number of nitrogens with one attached hydrogen (secondary N) is 1. The predicted molar refractivity (Wildman–Crippen MR) is 91.8 cm³/mol. The molecular formula is C16H18N4O3S. The van der Waals surface area contributed by atoms with Crippen LogP contribution in [-0.2, 0) is 0 Å². The molecule has 3 aromatic rings. The van der Waals surface area contributed by atoms with Crippen LogP contribution in [0, 0.1) is 0 Å². The Labute approximate surface area is 143 Å². The summed E-state index contributed by atoms with van der Waals surface area (Å²) < 4.78 is 10.8. The zero-order chi connectivity index (χ0) is 16.8. The summed E-state index contributed by atoms with van der Waals surface area (Å²) in [6, 6.07) is 10.8. The van der Waals surface area contributed by atoms with E-state index in [9.17, 15) is 5.11 Å². The first-order valence-corrected chi connectivity index (χ1v) is 8.33. The van der Waals surface area contributed by atoms with Gasteiger partial charge in [-0.05, 0) is 37.2 Å². The van der Waals surface area contributed by atoms with Crippen molar-refractivity contribution in [1.82, 2.24) is 10.2 Å². The Bertz CT molecular complexity index is 743. The molecule has 0 aliphatic carbocycles. The van der Waals surface area contributed by atoms with Gasteiger partial charge in [0.15, 0.2) is 17.0 Å². The molecule has 1 unspecified atom stereocenters. The van der Waals surface area contributed by atoms with Crippen molar-refractivity contribution in [3.8, 4) is 16.5 Å². The Hall–Kier alpha value is -2.42. The van der Waals surface area contributed by atoms with E-state index in [1.807, 2.05) is 18.2 Å². The van der Waals surface area contributed by atoms with Gasteiger partial charge < -0.3 is 25.3 Å². The summed E-state index contributed by atoms with van der Waals surface area (Å²) in [6.45, 7) is 1.18. The van der Waals surface area contributed by atoms with Gasteiger partial charge in [-0.2, -0.15) is 0 Å². The molecule has 0 spiro atoms. The molecule has 126 valence electrons. The van der Waals surface area contributed by atoms with Crippen molar-refractivity contribution in [2.45, 2.75) is 12.6 Å². The van der Waals surface area contributed by atoms with Gasteiger partial charge in [-0.3, -0.25) is 0 Å². The molecular weight excluding hydrogens is 328 g/mol. The lowest BCUT2D eigenvalue weighted by atomic mass is 10.2. The lowest BCUT2D eigenvalue weighted by Gasteiger charge is -2.12. The van der Waals surface area contributed by atoms with Crippen molar-refractivity contribution in [3.63, 3.8) is 0 Å². The molecule has 0 aliphatic heterocycles. The third-order valence-electron chi connectivity index (χ3n) is 3.23. The number of nitrogens with two attached hydrogens (primary N) is 1. The standard InChI is InChI=1S/C16H18N4O3S/c17-8-2-10-22-12-6-4-11(5-7-12)14(21)18-16-20-19-15(24-16)13-3-1-9-23-13/h1,3-7,9,14,21H,2,8,10,17H2,(H,18,20). The predicted octanol–water partition coefficient (Wildman–Crippen LogP) is 2.63.